The van der Waals surface area contributed by atoms with E-state index in [2.05, 4.69) is 10.4 Å². The maximum Gasteiger partial charge on any atom is 0.273 e. The molecule has 0 spiro atoms. The van der Waals surface area contributed by atoms with Crippen LogP contribution in [-0.2, 0) is 16.1 Å². The zero-order chi connectivity index (χ0) is 21.1. The van der Waals surface area contributed by atoms with E-state index in [1.165, 1.54) is 6.07 Å². The Morgan fingerprint density at radius 1 is 1.10 bits per heavy atom. The molecule has 0 unspecified atom stereocenters. The Bertz CT molecular complexity index is 1200. The third-order valence-electron chi connectivity index (χ3n) is 5.03. The summed E-state index contributed by atoms with van der Waals surface area (Å²) >= 11 is 0. The molecule has 0 bridgehead atoms. The molecule has 0 radical (unpaired) electrons. The minimum absolute atomic E-state index is 0.000908. The van der Waals surface area contributed by atoms with Gasteiger partial charge in [0.15, 0.2) is 0 Å². The molecule has 1 fully saturated rings. The summed E-state index contributed by atoms with van der Waals surface area (Å²) in [4.78, 5) is 38.8. The highest BCUT2D eigenvalue weighted by Crippen LogP contribution is 2.23. The number of carbonyl (C=O) groups excluding carboxylic acids is 1. The standard InChI is InChI=1S/C21H21FN4O4/c22-17-13-14(5-6-18(17)25-9-11-30-12-10-25)23-19(27)7-8-26-21(29)16-4-2-1-3-15(16)20(28)24-26/h1-6,13H,7-12H2,(H,23,27)(H,24,28). The average Bonchev–Trinajstić information content (AvgIpc) is 2.76. The second kappa shape index (κ2) is 8.50. The molecule has 2 N–H and O–H groups in total. The summed E-state index contributed by atoms with van der Waals surface area (Å²) in [5, 5.41) is 5.71. The van der Waals surface area contributed by atoms with Crippen molar-refractivity contribution in [1.82, 2.24) is 9.78 Å². The van der Waals surface area contributed by atoms with Crippen LogP contribution in [0.2, 0.25) is 0 Å². The van der Waals surface area contributed by atoms with Crippen molar-refractivity contribution in [1.29, 1.82) is 0 Å². The van der Waals surface area contributed by atoms with Crippen LogP contribution >= 0.6 is 0 Å². The fourth-order valence-corrected chi connectivity index (χ4v) is 3.49. The molecule has 2 heterocycles. The molecule has 0 atom stereocenters. The Morgan fingerprint density at radius 3 is 2.57 bits per heavy atom. The lowest BCUT2D eigenvalue weighted by atomic mass is 10.2. The number of rotatable bonds is 5. The maximum absolute atomic E-state index is 14.5. The Balaban J connectivity index is 1.42. The van der Waals surface area contributed by atoms with Gasteiger partial charge in [0.25, 0.3) is 11.1 Å². The summed E-state index contributed by atoms with van der Waals surface area (Å²) in [5.41, 5.74) is 0.0238. The molecule has 4 rings (SSSR count). The molecule has 9 heteroatoms. The van der Waals surface area contributed by atoms with Gasteiger partial charge in [0.1, 0.15) is 5.82 Å². The first-order chi connectivity index (χ1) is 14.5. The summed E-state index contributed by atoms with van der Waals surface area (Å²) < 4.78 is 20.9. The highest BCUT2D eigenvalue weighted by Gasteiger charge is 2.16. The average molecular weight is 412 g/mol. The molecule has 30 heavy (non-hydrogen) atoms. The minimum Gasteiger partial charge on any atom is -0.378 e. The van der Waals surface area contributed by atoms with Crippen molar-refractivity contribution in [2.45, 2.75) is 13.0 Å². The molecule has 0 saturated carbocycles. The van der Waals surface area contributed by atoms with Crippen molar-refractivity contribution < 1.29 is 13.9 Å². The number of aromatic amines is 1. The van der Waals surface area contributed by atoms with E-state index >= 15 is 0 Å². The summed E-state index contributed by atoms with van der Waals surface area (Å²) in [5.74, 6) is -0.820. The van der Waals surface area contributed by atoms with Gasteiger partial charge < -0.3 is 15.0 Å². The number of fused-ring (bicyclic) bond motifs is 1. The van der Waals surface area contributed by atoms with Gasteiger partial charge in [-0.05, 0) is 30.3 Å². The fraction of sp³-hybridized carbons (Fsp3) is 0.286. The van der Waals surface area contributed by atoms with Gasteiger partial charge in [-0.25, -0.2) is 9.07 Å². The number of H-pyrrole nitrogens is 1. The first-order valence-corrected chi connectivity index (χ1v) is 9.67. The first-order valence-electron chi connectivity index (χ1n) is 9.67. The molecular weight excluding hydrogens is 391 g/mol. The quantitative estimate of drug-likeness (QED) is 0.665. The first kappa shape index (κ1) is 19.8. The number of hydrogen-bond donors (Lipinski definition) is 2. The molecular formula is C21H21FN4O4. The van der Waals surface area contributed by atoms with Crippen LogP contribution in [0.15, 0.2) is 52.1 Å². The molecule has 1 amide bonds. The Kier molecular flexibility index (Phi) is 5.62. The molecule has 1 aromatic heterocycles. The van der Waals surface area contributed by atoms with Crippen molar-refractivity contribution in [3.63, 3.8) is 0 Å². The van der Waals surface area contributed by atoms with Crippen LogP contribution in [0.4, 0.5) is 15.8 Å². The Labute approximate surface area is 170 Å². The van der Waals surface area contributed by atoms with Gasteiger partial charge in [-0.2, -0.15) is 0 Å². The number of aryl methyl sites for hydroxylation is 1. The van der Waals surface area contributed by atoms with Crippen molar-refractivity contribution >= 4 is 28.1 Å². The highest BCUT2D eigenvalue weighted by molar-refractivity contribution is 5.91. The van der Waals surface area contributed by atoms with Gasteiger partial charge in [-0.15, -0.1) is 0 Å². The Hall–Kier alpha value is -3.46. The summed E-state index contributed by atoms with van der Waals surface area (Å²) in [6, 6.07) is 11.0. The number of ether oxygens (including phenoxy) is 1. The van der Waals surface area contributed by atoms with E-state index in [4.69, 9.17) is 4.74 Å². The molecule has 1 aliphatic rings. The number of benzene rings is 2. The monoisotopic (exact) mass is 412 g/mol. The van der Waals surface area contributed by atoms with E-state index in [0.717, 1.165) is 4.68 Å². The van der Waals surface area contributed by atoms with E-state index < -0.39 is 17.3 Å². The maximum atomic E-state index is 14.5. The molecule has 0 aliphatic carbocycles. The van der Waals surface area contributed by atoms with Crippen LogP contribution in [0, 0.1) is 5.82 Å². The number of hydrogen-bond acceptors (Lipinski definition) is 5. The molecule has 8 nitrogen and oxygen atoms in total. The molecule has 3 aromatic rings. The predicted molar refractivity (Wildman–Crippen MR) is 112 cm³/mol. The number of nitrogens with zero attached hydrogens (tertiary/aromatic N) is 2. The third kappa shape index (κ3) is 4.11. The number of morpholine rings is 1. The van der Waals surface area contributed by atoms with Gasteiger partial charge in [-0.3, -0.25) is 19.5 Å². The highest BCUT2D eigenvalue weighted by atomic mass is 19.1. The van der Waals surface area contributed by atoms with Crippen molar-refractivity contribution in [3.8, 4) is 0 Å². The van der Waals surface area contributed by atoms with E-state index in [-0.39, 0.29) is 18.5 Å². The van der Waals surface area contributed by atoms with Crippen LogP contribution in [-0.4, -0.2) is 42.0 Å². The van der Waals surface area contributed by atoms with Crippen LogP contribution in [0.1, 0.15) is 6.42 Å². The van der Waals surface area contributed by atoms with Gasteiger partial charge >= 0.3 is 0 Å². The van der Waals surface area contributed by atoms with Crippen molar-refractivity contribution in [3.05, 3.63) is 69.0 Å². The number of aromatic nitrogens is 2. The van der Waals surface area contributed by atoms with Gasteiger partial charge in [0, 0.05) is 25.2 Å². The fourth-order valence-electron chi connectivity index (χ4n) is 3.49. The zero-order valence-electron chi connectivity index (χ0n) is 16.2. The predicted octanol–water partition coefficient (Wildman–Crippen LogP) is 1.69. The topological polar surface area (TPSA) is 96.4 Å². The van der Waals surface area contributed by atoms with E-state index in [1.807, 2.05) is 4.90 Å². The number of anilines is 2. The molecule has 2 aromatic carbocycles. The second-order valence-electron chi connectivity index (χ2n) is 7.01. The summed E-state index contributed by atoms with van der Waals surface area (Å²) in [6.45, 7) is 2.32. The molecule has 1 saturated heterocycles. The third-order valence-corrected chi connectivity index (χ3v) is 5.03. The van der Waals surface area contributed by atoms with Crippen LogP contribution in [0.25, 0.3) is 10.8 Å². The van der Waals surface area contributed by atoms with E-state index in [1.54, 1.807) is 36.4 Å². The van der Waals surface area contributed by atoms with Crippen LogP contribution in [0.5, 0.6) is 0 Å². The number of halogens is 1. The Morgan fingerprint density at radius 2 is 1.83 bits per heavy atom. The normalized spacial score (nSPS) is 14.1. The summed E-state index contributed by atoms with van der Waals surface area (Å²) in [7, 11) is 0. The second-order valence-corrected chi connectivity index (χ2v) is 7.01. The van der Waals surface area contributed by atoms with Crippen LogP contribution in [0.3, 0.4) is 0 Å². The van der Waals surface area contributed by atoms with Gasteiger partial charge in [0.05, 0.1) is 36.2 Å². The number of nitrogens with one attached hydrogen (secondary N) is 2. The number of amides is 1. The van der Waals surface area contributed by atoms with Gasteiger partial charge in [0.2, 0.25) is 5.91 Å². The summed E-state index contributed by atoms with van der Waals surface area (Å²) in [6.07, 6.45) is -0.0545. The lowest BCUT2D eigenvalue weighted by Crippen LogP contribution is -2.36. The zero-order valence-corrected chi connectivity index (χ0v) is 16.2. The van der Waals surface area contributed by atoms with Crippen molar-refractivity contribution in [2.75, 3.05) is 36.5 Å². The largest absolute Gasteiger partial charge is 0.378 e. The number of carbonyl (C=O) groups is 1. The molecule has 156 valence electrons. The van der Waals surface area contributed by atoms with Crippen LogP contribution < -0.4 is 21.3 Å². The lowest BCUT2D eigenvalue weighted by molar-refractivity contribution is -0.116. The SMILES string of the molecule is O=C(CCn1[nH]c(=O)c2ccccc2c1=O)Nc1ccc(N2CCOCC2)c(F)c1. The lowest BCUT2D eigenvalue weighted by Gasteiger charge is -2.29. The minimum atomic E-state index is -0.426. The van der Waals surface area contributed by atoms with E-state index in [9.17, 15) is 18.8 Å². The van der Waals surface area contributed by atoms with Crippen molar-refractivity contribution in [2.24, 2.45) is 0 Å². The smallest absolute Gasteiger partial charge is 0.273 e. The van der Waals surface area contributed by atoms with E-state index in [0.29, 0.717) is 48.5 Å². The van der Waals surface area contributed by atoms with Gasteiger partial charge in [-0.1, -0.05) is 12.1 Å². The molecule has 1 aliphatic heterocycles.